The Labute approximate surface area is 222 Å². The quantitative estimate of drug-likeness (QED) is 0.266. The molecule has 1 aliphatic rings. The molecule has 0 aromatic carbocycles. The largest absolute Gasteiger partial charge is 0.481 e. The summed E-state index contributed by atoms with van der Waals surface area (Å²) in [6.45, 7) is 10.8. The number of rotatable bonds is 7. The van der Waals surface area contributed by atoms with E-state index >= 15 is 0 Å². The zero-order valence-electron chi connectivity index (χ0n) is 22.5. The molecule has 0 heterocycles. The molecular formula is C25H44O13. The summed E-state index contributed by atoms with van der Waals surface area (Å²) in [5.41, 5.74) is -9.38. The number of carboxylic acids is 6. The first-order valence-electron chi connectivity index (χ1n) is 11.2. The first kappa shape index (κ1) is 39.3. The third-order valence-electron chi connectivity index (χ3n) is 9.21. The Balaban J connectivity index is -0.000000748. The van der Waals surface area contributed by atoms with Crippen molar-refractivity contribution in [2.45, 2.75) is 88.5 Å². The van der Waals surface area contributed by atoms with Gasteiger partial charge in [0.15, 0.2) is 0 Å². The van der Waals surface area contributed by atoms with Crippen LogP contribution in [0.1, 0.15) is 88.5 Å². The van der Waals surface area contributed by atoms with Crippen molar-refractivity contribution in [3.8, 4) is 0 Å². The molecule has 4 atom stereocenters. The summed E-state index contributed by atoms with van der Waals surface area (Å²) in [5, 5.41) is 56.0. The minimum Gasteiger partial charge on any atom is -0.481 e. The maximum atomic E-state index is 11.8. The van der Waals surface area contributed by atoms with Crippen LogP contribution in [-0.2, 0) is 28.8 Å². The van der Waals surface area contributed by atoms with Crippen molar-refractivity contribution in [2.75, 3.05) is 0 Å². The van der Waals surface area contributed by atoms with Gasteiger partial charge in [-0.25, -0.2) is 0 Å². The lowest BCUT2D eigenvalue weighted by molar-refractivity contribution is -0.187. The van der Waals surface area contributed by atoms with Crippen LogP contribution in [0.2, 0.25) is 0 Å². The summed E-state index contributed by atoms with van der Waals surface area (Å²) in [6.07, 6.45) is -1.01. The highest BCUT2D eigenvalue weighted by Gasteiger charge is 2.63. The van der Waals surface area contributed by atoms with Crippen molar-refractivity contribution >= 4 is 35.8 Å². The smallest absolute Gasteiger partial charge is 0.310 e. The topological polar surface area (TPSA) is 255 Å². The second-order valence-corrected chi connectivity index (χ2v) is 11.4. The fourth-order valence-electron chi connectivity index (χ4n) is 4.01. The van der Waals surface area contributed by atoms with Gasteiger partial charge in [-0.3, -0.25) is 28.8 Å². The number of hydrogen-bond acceptors (Lipinski definition) is 6. The van der Waals surface area contributed by atoms with Gasteiger partial charge >= 0.3 is 35.8 Å². The van der Waals surface area contributed by atoms with E-state index in [1.54, 1.807) is 0 Å². The van der Waals surface area contributed by atoms with Crippen molar-refractivity contribution < 1.29 is 64.9 Å². The predicted octanol–water partition coefficient (Wildman–Crippen LogP) is 2.94. The highest BCUT2D eigenvalue weighted by Crippen LogP contribution is 2.57. The van der Waals surface area contributed by atoms with Gasteiger partial charge in [0.2, 0.25) is 0 Å². The van der Waals surface area contributed by atoms with E-state index in [2.05, 4.69) is 0 Å². The summed E-state index contributed by atoms with van der Waals surface area (Å²) in [7, 11) is 0. The van der Waals surface area contributed by atoms with E-state index in [0.29, 0.717) is 0 Å². The minimum atomic E-state index is -1.71. The Hall–Kier alpha value is -3.22. The van der Waals surface area contributed by atoms with Crippen LogP contribution < -0.4 is 0 Å². The summed E-state index contributed by atoms with van der Waals surface area (Å²) >= 11 is 0. The number of hydrogen-bond donors (Lipinski definition) is 6. The van der Waals surface area contributed by atoms with E-state index in [1.807, 2.05) is 0 Å². The lowest BCUT2D eigenvalue weighted by Crippen LogP contribution is -2.56. The maximum absolute atomic E-state index is 11.8. The summed E-state index contributed by atoms with van der Waals surface area (Å²) in [4.78, 5) is 68.7. The second kappa shape index (κ2) is 12.1. The van der Waals surface area contributed by atoms with E-state index in [4.69, 9.17) is 10.2 Å². The van der Waals surface area contributed by atoms with Gasteiger partial charge in [-0.15, -0.1) is 0 Å². The van der Waals surface area contributed by atoms with Crippen molar-refractivity contribution in [3.63, 3.8) is 0 Å². The van der Waals surface area contributed by atoms with E-state index in [1.165, 1.54) is 55.4 Å². The molecule has 0 radical (unpaired) electrons. The fraction of sp³-hybridized carbons (Fsp3) is 0.760. The predicted molar refractivity (Wildman–Crippen MR) is 135 cm³/mol. The van der Waals surface area contributed by atoms with Crippen molar-refractivity contribution in [1.29, 1.82) is 0 Å². The molecule has 1 aliphatic carbocycles. The first-order chi connectivity index (χ1) is 15.8. The standard InChI is InChI=1S/C16H24O8.C8H14O4.CH4.H2O/c1-13(9(17)18)5-6-15(3,11(21)22)16(4,12(23)24)8-7-14(13,2)10(19)20;1-7(2,5(9)10)8(3,4)6(11)12;;/h5-8H2,1-4H3,(H,17,18)(H,19,20)(H,21,22)(H,23,24);1-4H3,(H,9,10)(H,11,12);1H4;1H2. The van der Waals surface area contributed by atoms with E-state index in [-0.39, 0.29) is 38.6 Å². The monoisotopic (exact) mass is 552 g/mol. The van der Waals surface area contributed by atoms with Crippen LogP contribution in [0.3, 0.4) is 0 Å². The molecule has 222 valence electrons. The summed E-state index contributed by atoms with van der Waals surface area (Å²) < 4.78 is 0. The van der Waals surface area contributed by atoms with Gasteiger partial charge in [0.25, 0.3) is 0 Å². The summed E-state index contributed by atoms with van der Waals surface area (Å²) in [6, 6.07) is 0. The van der Waals surface area contributed by atoms with Crippen LogP contribution in [0.5, 0.6) is 0 Å². The Morgan fingerprint density at radius 2 is 0.605 bits per heavy atom. The second-order valence-electron chi connectivity index (χ2n) is 11.4. The van der Waals surface area contributed by atoms with Crippen molar-refractivity contribution in [2.24, 2.45) is 32.5 Å². The molecule has 0 saturated heterocycles. The van der Waals surface area contributed by atoms with Gasteiger partial charge in [0, 0.05) is 0 Å². The van der Waals surface area contributed by atoms with Gasteiger partial charge in [0.1, 0.15) is 0 Å². The molecule has 13 nitrogen and oxygen atoms in total. The Bertz CT molecular complexity index is 825. The molecule has 0 amide bonds. The molecule has 1 fully saturated rings. The fourth-order valence-corrected chi connectivity index (χ4v) is 4.01. The molecule has 1 rings (SSSR count). The Morgan fingerprint density at radius 3 is 0.684 bits per heavy atom. The lowest BCUT2D eigenvalue weighted by atomic mass is 9.51. The molecule has 0 bridgehead atoms. The van der Waals surface area contributed by atoms with Gasteiger partial charge in [-0.05, 0) is 81.1 Å². The third-order valence-corrected chi connectivity index (χ3v) is 9.21. The molecule has 0 aromatic heterocycles. The van der Waals surface area contributed by atoms with Crippen LogP contribution in [0.4, 0.5) is 0 Å². The van der Waals surface area contributed by atoms with Gasteiger partial charge in [-0.1, -0.05) is 7.43 Å². The van der Waals surface area contributed by atoms with E-state index < -0.39 is 68.3 Å². The number of carboxylic acid groups (broad SMARTS) is 6. The van der Waals surface area contributed by atoms with Crippen LogP contribution in [0, 0.1) is 32.5 Å². The van der Waals surface area contributed by atoms with Crippen LogP contribution in [-0.4, -0.2) is 71.9 Å². The van der Waals surface area contributed by atoms with Crippen LogP contribution in [0.25, 0.3) is 0 Å². The van der Waals surface area contributed by atoms with E-state index in [9.17, 15) is 49.2 Å². The lowest BCUT2D eigenvalue weighted by Gasteiger charge is -2.49. The maximum Gasteiger partial charge on any atom is 0.310 e. The Kier molecular flexibility index (Phi) is 12.5. The van der Waals surface area contributed by atoms with Crippen molar-refractivity contribution in [1.82, 2.24) is 0 Å². The minimum absolute atomic E-state index is 0. The highest BCUT2D eigenvalue weighted by molar-refractivity contribution is 5.89. The number of carbonyl (C=O) groups is 6. The number of aliphatic carboxylic acids is 6. The van der Waals surface area contributed by atoms with E-state index in [0.717, 1.165) is 0 Å². The molecule has 1 saturated carbocycles. The zero-order chi connectivity index (χ0) is 29.3. The zero-order valence-corrected chi connectivity index (χ0v) is 22.5. The third kappa shape index (κ3) is 6.08. The van der Waals surface area contributed by atoms with Crippen LogP contribution >= 0.6 is 0 Å². The van der Waals surface area contributed by atoms with Crippen LogP contribution in [0.15, 0.2) is 0 Å². The normalized spacial score (nSPS) is 29.4. The molecule has 38 heavy (non-hydrogen) atoms. The highest BCUT2D eigenvalue weighted by atomic mass is 16.4. The average molecular weight is 553 g/mol. The Morgan fingerprint density at radius 1 is 0.474 bits per heavy atom. The van der Waals surface area contributed by atoms with Gasteiger partial charge < -0.3 is 36.1 Å². The molecular weight excluding hydrogens is 508 g/mol. The molecule has 0 aliphatic heterocycles. The van der Waals surface area contributed by atoms with Gasteiger partial charge in [-0.2, -0.15) is 0 Å². The molecule has 0 spiro atoms. The van der Waals surface area contributed by atoms with Crippen molar-refractivity contribution in [3.05, 3.63) is 0 Å². The first-order valence-corrected chi connectivity index (χ1v) is 11.2. The SMILES string of the molecule is C.CC(C)(C(=O)O)C(C)(C)C(=O)O.CC1(C(=O)O)CCC(C)(C(=O)O)C(C)(C(=O)O)CCC1(C)C(=O)O.O. The molecule has 8 N–H and O–H groups in total. The molecule has 0 aromatic rings. The molecule has 13 heteroatoms. The molecule has 4 unspecified atom stereocenters. The van der Waals surface area contributed by atoms with Gasteiger partial charge in [0.05, 0.1) is 32.5 Å². The summed E-state index contributed by atoms with van der Waals surface area (Å²) in [5.74, 6) is -7.54. The average Bonchev–Trinajstić information content (AvgIpc) is 2.73.